The van der Waals surface area contributed by atoms with Crippen molar-refractivity contribution in [2.24, 2.45) is 18.7 Å². The number of rotatable bonds is 2. The molecule has 2 atom stereocenters. The highest BCUT2D eigenvalue weighted by atomic mass is 16.5. The monoisotopic (exact) mass is 209 g/mol. The summed E-state index contributed by atoms with van der Waals surface area (Å²) in [6.07, 6.45) is 4.35. The molecular formula is C11H19N3O. The van der Waals surface area contributed by atoms with E-state index in [0.29, 0.717) is 12.5 Å². The minimum absolute atomic E-state index is 0.150. The predicted molar refractivity (Wildman–Crippen MR) is 58.4 cm³/mol. The van der Waals surface area contributed by atoms with Crippen molar-refractivity contribution in [1.82, 2.24) is 9.78 Å². The third kappa shape index (κ3) is 1.92. The number of ether oxygens (including phenoxy) is 1. The van der Waals surface area contributed by atoms with Crippen LogP contribution in [0.2, 0.25) is 0 Å². The lowest BCUT2D eigenvalue weighted by Crippen LogP contribution is -2.28. The molecule has 1 aromatic rings. The average molecular weight is 209 g/mol. The van der Waals surface area contributed by atoms with Gasteiger partial charge in [0.05, 0.1) is 12.3 Å². The van der Waals surface area contributed by atoms with Gasteiger partial charge in [0, 0.05) is 30.8 Å². The number of aryl methyl sites for hydroxylation is 1. The number of nitrogens with zero attached hydrogens (tertiary/aromatic N) is 2. The molecule has 84 valence electrons. The van der Waals surface area contributed by atoms with Gasteiger partial charge < -0.3 is 10.5 Å². The number of nitrogens with two attached hydrogens (primary N) is 1. The summed E-state index contributed by atoms with van der Waals surface area (Å²) < 4.78 is 7.72. The second kappa shape index (κ2) is 4.33. The lowest BCUT2D eigenvalue weighted by Gasteiger charge is -2.30. The Morgan fingerprint density at radius 3 is 3.07 bits per heavy atom. The highest BCUT2D eigenvalue weighted by molar-refractivity contribution is 5.20. The molecule has 1 aliphatic rings. The molecule has 2 N–H and O–H groups in total. The van der Waals surface area contributed by atoms with Crippen molar-refractivity contribution in [1.29, 1.82) is 0 Å². The molecule has 15 heavy (non-hydrogen) atoms. The van der Waals surface area contributed by atoms with Crippen molar-refractivity contribution >= 4 is 0 Å². The molecule has 1 fully saturated rings. The molecule has 4 heteroatoms. The molecule has 0 aliphatic carbocycles. The summed E-state index contributed by atoms with van der Waals surface area (Å²) >= 11 is 0. The molecule has 4 nitrogen and oxygen atoms in total. The maximum Gasteiger partial charge on any atom is 0.0898 e. The third-order valence-electron chi connectivity index (χ3n) is 3.33. The normalized spacial score (nSPS) is 26.9. The maximum atomic E-state index is 5.83. The first-order chi connectivity index (χ1) is 7.24. The minimum atomic E-state index is 0.150. The van der Waals surface area contributed by atoms with Crippen LogP contribution in [0.3, 0.4) is 0 Å². The Balaban J connectivity index is 2.24. The Kier molecular flexibility index (Phi) is 3.07. The lowest BCUT2D eigenvalue weighted by atomic mass is 9.90. The van der Waals surface area contributed by atoms with Gasteiger partial charge in [0.1, 0.15) is 0 Å². The fourth-order valence-electron chi connectivity index (χ4n) is 2.22. The Labute approximate surface area is 90.4 Å². The maximum absolute atomic E-state index is 5.83. The van der Waals surface area contributed by atoms with Crippen molar-refractivity contribution in [3.05, 3.63) is 17.5 Å². The molecule has 0 spiro atoms. The molecule has 1 aromatic heterocycles. The second-order valence-electron chi connectivity index (χ2n) is 4.24. The standard InChI is InChI=1S/C11H19N3O/c1-8-10(7-13-14(8)2)11-9(6-12)4-3-5-15-11/h7,9,11H,3-6,12H2,1-2H3. The number of aromatic nitrogens is 2. The quantitative estimate of drug-likeness (QED) is 0.795. The van der Waals surface area contributed by atoms with E-state index in [1.165, 1.54) is 11.3 Å². The zero-order valence-corrected chi connectivity index (χ0v) is 9.44. The van der Waals surface area contributed by atoms with E-state index in [2.05, 4.69) is 12.0 Å². The van der Waals surface area contributed by atoms with Crippen LogP contribution in [0, 0.1) is 12.8 Å². The van der Waals surface area contributed by atoms with E-state index in [9.17, 15) is 0 Å². The number of hydrogen-bond donors (Lipinski definition) is 1. The summed E-state index contributed by atoms with van der Waals surface area (Å²) in [7, 11) is 1.96. The van der Waals surface area contributed by atoms with Gasteiger partial charge >= 0.3 is 0 Å². The van der Waals surface area contributed by atoms with Gasteiger partial charge in [-0.05, 0) is 26.3 Å². The van der Waals surface area contributed by atoms with Crippen LogP contribution in [0.1, 0.15) is 30.2 Å². The molecule has 0 aromatic carbocycles. The first-order valence-corrected chi connectivity index (χ1v) is 5.54. The summed E-state index contributed by atoms with van der Waals surface area (Å²) in [5, 5.41) is 4.26. The van der Waals surface area contributed by atoms with E-state index in [1.54, 1.807) is 0 Å². The zero-order valence-electron chi connectivity index (χ0n) is 9.44. The van der Waals surface area contributed by atoms with E-state index < -0.39 is 0 Å². The van der Waals surface area contributed by atoms with Crippen LogP contribution in [0.15, 0.2) is 6.20 Å². The van der Waals surface area contributed by atoms with Gasteiger partial charge in [0.2, 0.25) is 0 Å². The van der Waals surface area contributed by atoms with E-state index >= 15 is 0 Å². The SMILES string of the molecule is Cc1c(C2OCCCC2CN)cnn1C. The van der Waals surface area contributed by atoms with E-state index in [0.717, 1.165) is 19.4 Å². The molecule has 1 saturated heterocycles. The molecule has 2 unspecified atom stereocenters. The minimum Gasteiger partial charge on any atom is -0.373 e. The lowest BCUT2D eigenvalue weighted by molar-refractivity contribution is -0.0255. The van der Waals surface area contributed by atoms with Crippen molar-refractivity contribution < 1.29 is 4.74 Å². The second-order valence-corrected chi connectivity index (χ2v) is 4.24. The molecule has 2 heterocycles. The van der Waals surface area contributed by atoms with Crippen LogP contribution in [0.4, 0.5) is 0 Å². The number of hydrogen-bond acceptors (Lipinski definition) is 3. The van der Waals surface area contributed by atoms with E-state index in [1.807, 2.05) is 17.9 Å². The highest BCUT2D eigenvalue weighted by Gasteiger charge is 2.28. The van der Waals surface area contributed by atoms with Gasteiger partial charge in [-0.2, -0.15) is 5.10 Å². The van der Waals surface area contributed by atoms with Gasteiger partial charge in [-0.15, -0.1) is 0 Å². The molecule has 2 rings (SSSR count). The zero-order chi connectivity index (χ0) is 10.8. The van der Waals surface area contributed by atoms with Crippen LogP contribution < -0.4 is 5.73 Å². The third-order valence-corrected chi connectivity index (χ3v) is 3.33. The molecule has 0 bridgehead atoms. The van der Waals surface area contributed by atoms with E-state index in [4.69, 9.17) is 10.5 Å². The topological polar surface area (TPSA) is 53.1 Å². The van der Waals surface area contributed by atoms with Crippen molar-refractivity contribution in [3.8, 4) is 0 Å². The highest BCUT2D eigenvalue weighted by Crippen LogP contribution is 2.34. The van der Waals surface area contributed by atoms with Crippen LogP contribution >= 0.6 is 0 Å². The Bertz CT molecular complexity index is 335. The van der Waals surface area contributed by atoms with Gasteiger partial charge in [-0.1, -0.05) is 0 Å². The molecule has 0 saturated carbocycles. The summed E-state index contributed by atoms with van der Waals surface area (Å²) in [6.45, 7) is 3.61. The van der Waals surface area contributed by atoms with Crippen molar-refractivity contribution in [2.45, 2.75) is 25.9 Å². The molecular weight excluding hydrogens is 190 g/mol. The van der Waals surface area contributed by atoms with Crippen LogP contribution in [0.25, 0.3) is 0 Å². The summed E-state index contributed by atoms with van der Waals surface area (Å²) in [5.41, 5.74) is 8.16. The average Bonchev–Trinajstić information content (AvgIpc) is 2.60. The van der Waals surface area contributed by atoms with Crippen LogP contribution in [-0.2, 0) is 11.8 Å². The van der Waals surface area contributed by atoms with Crippen LogP contribution in [0.5, 0.6) is 0 Å². The summed E-state index contributed by atoms with van der Waals surface area (Å²) in [4.78, 5) is 0. The fraction of sp³-hybridized carbons (Fsp3) is 0.727. The van der Waals surface area contributed by atoms with Crippen LogP contribution in [-0.4, -0.2) is 22.9 Å². The van der Waals surface area contributed by atoms with Gasteiger partial charge in [-0.3, -0.25) is 4.68 Å². The molecule has 1 aliphatic heterocycles. The van der Waals surface area contributed by atoms with Gasteiger partial charge in [-0.25, -0.2) is 0 Å². The Morgan fingerprint density at radius 2 is 2.47 bits per heavy atom. The predicted octanol–water partition coefficient (Wildman–Crippen LogP) is 1.15. The summed E-state index contributed by atoms with van der Waals surface area (Å²) in [5.74, 6) is 0.446. The first-order valence-electron chi connectivity index (χ1n) is 5.54. The Hall–Kier alpha value is -0.870. The van der Waals surface area contributed by atoms with E-state index in [-0.39, 0.29) is 6.10 Å². The molecule has 0 radical (unpaired) electrons. The Morgan fingerprint density at radius 1 is 1.67 bits per heavy atom. The summed E-state index contributed by atoms with van der Waals surface area (Å²) in [6, 6.07) is 0. The smallest absolute Gasteiger partial charge is 0.0898 e. The van der Waals surface area contributed by atoms with Crippen molar-refractivity contribution in [2.75, 3.05) is 13.2 Å². The fourth-order valence-corrected chi connectivity index (χ4v) is 2.22. The van der Waals surface area contributed by atoms with Gasteiger partial charge in [0.15, 0.2) is 0 Å². The van der Waals surface area contributed by atoms with Gasteiger partial charge in [0.25, 0.3) is 0 Å². The largest absolute Gasteiger partial charge is 0.373 e. The molecule has 0 amide bonds. The van der Waals surface area contributed by atoms with Crippen molar-refractivity contribution in [3.63, 3.8) is 0 Å². The first kappa shape index (κ1) is 10.6.